The third-order valence-electron chi connectivity index (χ3n) is 5.77. The van der Waals surface area contributed by atoms with Crippen molar-refractivity contribution in [3.63, 3.8) is 0 Å². The summed E-state index contributed by atoms with van der Waals surface area (Å²) in [6.07, 6.45) is 9.81. The summed E-state index contributed by atoms with van der Waals surface area (Å²) >= 11 is 0. The topological polar surface area (TPSA) is 53.7 Å². The number of ether oxygens (including phenoxy) is 3. The van der Waals surface area contributed by atoms with Crippen LogP contribution in [0.4, 0.5) is 0 Å². The third kappa shape index (κ3) is 3.98. The fourth-order valence-corrected chi connectivity index (χ4v) is 4.29. The molecule has 0 aromatic carbocycles. The molecule has 3 unspecified atom stereocenters. The van der Waals surface area contributed by atoms with Gasteiger partial charge in [0, 0.05) is 26.2 Å². The number of rotatable bonds is 4. The molecule has 4 heteroatoms. The predicted octanol–water partition coefficient (Wildman–Crippen LogP) is 2.50. The lowest BCUT2D eigenvalue weighted by Gasteiger charge is -2.43. The van der Waals surface area contributed by atoms with Gasteiger partial charge in [0.05, 0.1) is 18.3 Å². The van der Waals surface area contributed by atoms with Gasteiger partial charge in [0.25, 0.3) is 0 Å². The molecule has 0 aromatic rings. The highest BCUT2D eigenvalue weighted by Gasteiger charge is 2.39. The molecule has 1 spiro atoms. The molecule has 2 saturated heterocycles. The summed E-state index contributed by atoms with van der Waals surface area (Å²) in [6.45, 7) is 4.24. The predicted molar refractivity (Wildman–Crippen MR) is 82.2 cm³/mol. The van der Waals surface area contributed by atoms with Gasteiger partial charge in [-0.2, -0.15) is 0 Å². The van der Waals surface area contributed by atoms with E-state index in [1.165, 1.54) is 25.7 Å². The van der Waals surface area contributed by atoms with E-state index in [4.69, 9.17) is 19.9 Å². The van der Waals surface area contributed by atoms with Gasteiger partial charge in [-0.3, -0.25) is 0 Å². The number of nitrogens with two attached hydrogens (primary N) is 1. The molecule has 2 N–H and O–H groups in total. The average molecular weight is 297 g/mol. The lowest BCUT2D eigenvalue weighted by atomic mass is 9.79. The first-order valence-electron chi connectivity index (χ1n) is 8.85. The van der Waals surface area contributed by atoms with E-state index < -0.39 is 0 Å². The average Bonchev–Trinajstić information content (AvgIpc) is 2.54. The molecule has 0 amide bonds. The number of hydrogen-bond donors (Lipinski definition) is 1. The molecule has 3 aliphatic rings. The second-order valence-electron chi connectivity index (χ2n) is 7.13. The van der Waals surface area contributed by atoms with Crippen LogP contribution < -0.4 is 5.73 Å². The van der Waals surface area contributed by atoms with Crippen molar-refractivity contribution >= 4 is 0 Å². The zero-order chi connectivity index (χ0) is 14.5. The molecule has 3 rings (SSSR count). The van der Waals surface area contributed by atoms with Gasteiger partial charge in [-0.15, -0.1) is 0 Å². The van der Waals surface area contributed by atoms with E-state index in [1.807, 2.05) is 0 Å². The third-order valence-corrected chi connectivity index (χ3v) is 5.77. The maximum absolute atomic E-state index is 6.31. The molecular formula is C17H31NO3. The summed E-state index contributed by atoms with van der Waals surface area (Å²) in [7, 11) is 0. The molecule has 2 heterocycles. The van der Waals surface area contributed by atoms with Crippen LogP contribution in [0.15, 0.2) is 0 Å². The summed E-state index contributed by atoms with van der Waals surface area (Å²) in [5, 5.41) is 0. The highest BCUT2D eigenvalue weighted by molar-refractivity contribution is 4.90. The highest BCUT2D eigenvalue weighted by Crippen LogP contribution is 2.36. The van der Waals surface area contributed by atoms with E-state index in [0.29, 0.717) is 17.9 Å². The molecule has 0 radical (unpaired) electrons. The van der Waals surface area contributed by atoms with Crippen molar-refractivity contribution in [2.75, 3.05) is 33.0 Å². The van der Waals surface area contributed by atoms with Crippen LogP contribution in [0, 0.1) is 11.8 Å². The molecule has 4 nitrogen and oxygen atoms in total. The Balaban J connectivity index is 1.48. The van der Waals surface area contributed by atoms with Crippen LogP contribution in [0.25, 0.3) is 0 Å². The number of hydrogen-bond acceptors (Lipinski definition) is 4. The minimum absolute atomic E-state index is 0.0427. The lowest BCUT2D eigenvalue weighted by molar-refractivity contribution is -0.172. The Morgan fingerprint density at radius 3 is 2.52 bits per heavy atom. The van der Waals surface area contributed by atoms with Crippen molar-refractivity contribution in [2.45, 2.75) is 63.1 Å². The van der Waals surface area contributed by atoms with Gasteiger partial charge in [0.15, 0.2) is 0 Å². The first-order chi connectivity index (χ1) is 10.3. The largest absolute Gasteiger partial charge is 0.381 e. The molecule has 3 fully saturated rings. The van der Waals surface area contributed by atoms with Gasteiger partial charge < -0.3 is 19.9 Å². The Bertz CT molecular complexity index is 312. The maximum Gasteiger partial charge on any atom is 0.0751 e. The van der Waals surface area contributed by atoms with Crippen LogP contribution in [0.5, 0.6) is 0 Å². The van der Waals surface area contributed by atoms with E-state index in [2.05, 4.69) is 0 Å². The van der Waals surface area contributed by atoms with E-state index in [0.717, 1.165) is 58.7 Å². The van der Waals surface area contributed by atoms with Crippen molar-refractivity contribution in [1.29, 1.82) is 0 Å². The van der Waals surface area contributed by atoms with Gasteiger partial charge in [0.1, 0.15) is 0 Å². The van der Waals surface area contributed by atoms with Crippen LogP contribution in [0.2, 0.25) is 0 Å². The van der Waals surface area contributed by atoms with Crippen LogP contribution >= 0.6 is 0 Å². The molecule has 3 atom stereocenters. The Morgan fingerprint density at radius 1 is 1.00 bits per heavy atom. The Morgan fingerprint density at radius 2 is 1.76 bits per heavy atom. The quantitative estimate of drug-likeness (QED) is 0.866. The standard InChI is InChI=1S/C17H31NO3/c18-12-14-3-1-2-4-15(14)13-20-16-5-8-21-17(11-16)6-9-19-10-7-17/h14-16H,1-13,18H2. The van der Waals surface area contributed by atoms with Gasteiger partial charge in [-0.05, 0) is 50.5 Å². The molecule has 1 aliphatic carbocycles. The normalized spacial score (nSPS) is 36.7. The van der Waals surface area contributed by atoms with Crippen LogP contribution in [-0.2, 0) is 14.2 Å². The molecule has 122 valence electrons. The van der Waals surface area contributed by atoms with Crippen molar-refractivity contribution < 1.29 is 14.2 Å². The maximum atomic E-state index is 6.31. The molecular weight excluding hydrogens is 266 g/mol. The van der Waals surface area contributed by atoms with Crippen LogP contribution in [0.1, 0.15) is 51.4 Å². The van der Waals surface area contributed by atoms with Crippen LogP contribution in [-0.4, -0.2) is 44.7 Å². The fourth-order valence-electron chi connectivity index (χ4n) is 4.29. The van der Waals surface area contributed by atoms with Gasteiger partial charge in [0.2, 0.25) is 0 Å². The first-order valence-corrected chi connectivity index (χ1v) is 8.85. The molecule has 21 heavy (non-hydrogen) atoms. The Hall–Kier alpha value is -0.160. The van der Waals surface area contributed by atoms with Crippen LogP contribution in [0.3, 0.4) is 0 Å². The Labute approximate surface area is 128 Å². The monoisotopic (exact) mass is 297 g/mol. The summed E-state index contributed by atoms with van der Waals surface area (Å²) in [5.41, 5.74) is 5.97. The SMILES string of the molecule is NCC1CCCCC1COC1CCOC2(CCOCC2)C1. The molecule has 0 aromatic heterocycles. The van der Waals surface area contributed by atoms with E-state index in [1.54, 1.807) is 0 Å². The highest BCUT2D eigenvalue weighted by atomic mass is 16.5. The zero-order valence-corrected chi connectivity index (χ0v) is 13.2. The van der Waals surface area contributed by atoms with Crippen molar-refractivity contribution in [3.05, 3.63) is 0 Å². The van der Waals surface area contributed by atoms with E-state index >= 15 is 0 Å². The summed E-state index contributed by atoms with van der Waals surface area (Å²) in [5.74, 6) is 1.35. The van der Waals surface area contributed by atoms with Crippen molar-refractivity contribution in [1.82, 2.24) is 0 Å². The van der Waals surface area contributed by atoms with E-state index in [9.17, 15) is 0 Å². The fraction of sp³-hybridized carbons (Fsp3) is 1.00. The summed E-state index contributed by atoms with van der Waals surface area (Å²) < 4.78 is 17.9. The van der Waals surface area contributed by atoms with Crippen molar-refractivity contribution in [3.8, 4) is 0 Å². The molecule has 2 aliphatic heterocycles. The molecule has 0 bridgehead atoms. The van der Waals surface area contributed by atoms with E-state index in [-0.39, 0.29) is 5.60 Å². The zero-order valence-electron chi connectivity index (χ0n) is 13.2. The van der Waals surface area contributed by atoms with Gasteiger partial charge in [-0.1, -0.05) is 12.8 Å². The molecule has 1 saturated carbocycles. The smallest absolute Gasteiger partial charge is 0.0751 e. The first kappa shape index (κ1) is 15.7. The second-order valence-corrected chi connectivity index (χ2v) is 7.13. The minimum atomic E-state index is 0.0427. The second kappa shape index (κ2) is 7.40. The summed E-state index contributed by atoms with van der Waals surface area (Å²) in [6, 6.07) is 0. The minimum Gasteiger partial charge on any atom is -0.381 e. The summed E-state index contributed by atoms with van der Waals surface area (Å²) in [4.78, 5) is 0. The lowest BCUT2D eigenvalue weighted by Crippen LogP contribution is -2.47. The Kier molecular flexibility index (Phi) is 5.54. The van der Waals surface area contributed by atoms with Gasteiger partial charge >= 0.3 is 0 Å². The van der Waals surface area contributed by atoms with Crippen molar-refractivity contribution in [2.24, 2.45) is 17.6 Å². The van der Waals surface area contributed by atoms with Gasteiger partial charge in [-0.25, -0.2) is 0 Å².